The second-order valence-corrected chi connectivity index (χ2v) is 5.49. The molecule has 0 spiro atoms. The molecular formula is C14H14N4S. The van der Waals surface area contributed by atoms with Crippen LogP contribution >= 0.6 is 11.8 Å². The fourth-order valence-corrected chi connectivity index (χ4v) is 3.12. The lowest BCUT2D eigenvalue weighted by Gasteiger charge is -2.09. The third kappa shape index (κ3) is 2.46. The molecule has 5 heteroatoms. The van der Waals surface area contributed by atoms with E-state index >= 15 is 0 Å². The normalized spacial score (nSPS) is 13.3. The van der Waals surface area contributed by atoms with Gasteiger partial charge in [-0.1, -0.05) is 6.07 Å². The van der Waals surface area contributed by atoms with Gasteiger partial charge >= 0.3 is 0 Å². The fourth-order valence-electron chi connectivity index (χ4n) is 2.23. The minimum absolute atomic E-state index is 0.0700. The van der Waals surface area contributed by atoms with Gasteiger partial charge in [0, 0.05) is 17.5 Å². The maximum absolute atomic E-state index is 7.71. The minimum atomic E-state index is 0.0700. The number of hydrogen-bond acceptors (Lipinski definition) is 4. The number of amidine groups is 1. The predicted molar refractivity (Wildman–Crippen MR) is 75.6 cm³/mol. The fraction of sp³-hybridized carbons (Fsp3) is 0.214. The molecule has 4 nitrogen and oxygen atoms in total. The molecule has 0 saturated carbocycles. The van der Waals surface area contributed by atoms with Gasteiger partial charge in [-0.2, -0.15) is 0 Å². The van der Waals surface area contributed by atoms with Crippen LogP contribution < -0.4 is 5.73 Å². The van der Waals surface area contributed by atoms with E-state index < -0.39 is 0 Å². The van der Waals surface area contributed by atoms with Crippen molar-refractivity contribution in [1.29, 1.82) is 5.41 Å². The monoisotopic (exact) mass is 270 g/mol. The molecule has 0 radical (unpaired) electrons. The van der Waals surface area contributed by atoms with Gasteiger partial charge in [-0.15, -0.1) is 0 Å². The maximum atomic E-state index is 7.71. The molecule has 1 aliphatic rings. The summed E-state index contributed by atoms with van der Waals surface area (Å²) in [6, 6.07) is 7.77. The van der Waals surface area contributed by atoms with Crippen molar-refractivity contribution < 1.29 is 0 Å². The van der Waals surface area contributed by atoms with E-state index in [-0.39, 0.29) is 5.84 Å². The van der Waals surface area contributed by atoms with Gasteiger partial charge in [0.1, 0.15) is 15.9 Å². The van der Waals surface area contributed by atoms with E-state index in [1.807, 2.05) is 24.3 Å². The Hall–Kier alpha value is -1.88. The predicted octanol–water partition coefficient (Wildman–Crippen LogP) is 2.40. The molecule has 3 rings (SSSR count). The van der Waals surface area contributed by atoms with E-state index in [9.17, 15) is 0 Å². The van der Waals surface area contributed by atoms with Crippen LogP contribution in [0.15, 0.2) is 40.5 Å². The third-order valence-electron chi connectivity index (χ3n) is 3.15. The Balaban J connectivity index is 2.02. The van der Waals surface area contributed by atoms with Crippen molar-refractivity contribution >= 4 is 17.6 Å². The molecule has 0 aliphatic heterocycles. The summed E-state index contributed by atoms with van der Waals surface area (Å²) in [7, 11) is 0. The number of pyridine rings is 2. The quantitative estimate of drug-likeness (QED) is 0.663. The van der Waals surface area contributed by atoms with Crippen LogP contribution in [0.3, 0.4) is 0 Å². The molecule has 0 fully saturated rings. The Kier molecular flexibility index (Phi) is 3.21. The lowest BCUT2D eigenvalue weighted by Crippen LogP contribution is -2.14. The summed E-state index contributed by atoms with van der Waals surface area (Å²) in [6.45, 7) is 0. The van der Waals surface area contributed by atoms with Crippen molar-refractivity contribution in [2.24, 2.45) is 5.73 Å². The van der Waals surface area contributed by atoms with Crippen molar-refractivity contribution in [2.45, 2.75) is 29.3 Å². The maximum Gasteiger partial charge on any atom is 0.125 e. The van der Waals surface area contributed by atoms with Gasteiger partial charge in [-0.05, 0) is 54.8 Å². The molecule has 0 aromatic carbocycles. The molecule has 19 heavy (non-hydrogen) atoms. The summed E-state index contributed by atoms with van der Waals surface area (Å²) in [5.41, 5.74) is 8.76. The minimum Gasteiger partial charge on any atom is -0.384 e. The average Bonchev–Trinajstić information content (AvgIpc) is 2.86. The van der Waals surface area contributed by atoms with Crippen molar-refractivity contribution in [3.8, 4) is 0 Å². The Morgan fingerprint density at radius 3 is 2.95 bits per heavy atom. The number of fused-ring (bicyclic) bond motifs is 1. The van der Waals surface area contributed by atoms with E-state index in [1.54, 1.807) is 6.20 Å². The van der Waals surface area contributed by atoms with Crippen molar-refractivity contribution in [3.63, 3.8) is 0 Å². The number of nitrogens with two attached hydrogens (primary N) is 1. The third-order valence-corrected chi connectivity index (χ3v) is 4.10. The van der Waals surface area contributed by atoms with Gasteiger partial charge in [0.05, 0.1) is 0 Å². The number of rotatable bonds is 3. The molecule has 0 bridgehead atoms. The molecule has 0 atom stereocenters. The van der Waals surface area contributed by atoms with Gasteiger partial charge in [0.2, 0.25) is 0 Å². The lowest BCUT2D eigenvalue weighted by atomic mass is 10.1. The van der Waals surface area contributed by atoms with Crippen LogP contribution in [0.1, 0.15) is 23.2 Å². The molecule has 0 saturated heterocycles. The van der Waals surface area contributed by atoms with Crippen LogP contribution in [-0.4, -0.2) is 15.8 Å². The van der Waals surface area contributed by atoms with E-state index in [2.05, 4.69) is 9.97 Å². The molecule has 96 valence electrons. The second kappa shape index (κ2) is 5.01. The summed E-state index contributed by atoms with van der Waals surface area (Å²) in [5, 5.41) is 9.36. The summed E-state index contributed by atoms with van der Waals surface area (Å²) < 4.78 is 0. The van der Waals surface area contributed by atoms with Gasteiger partial charge in [-0.25, -0.2) is 9.97 Å². The first-order valence-corrected chi connectivity index (χ1v) is 7.02. The van der Waals surface area contributed by atoms with Crippen LogP contribution in [0.4, 0.5) is 0 Å². The smallest absolute Gasteiger partial charge is 0.125 e. The molecule has 0 unspecified atom stereocenters. The van der Waals surface area contributed by atoms with Crippen molar-refractivity contribution in [1.82, 2.24) is 9.97 Å². The Bertz CT molecular complexity index is 625. The number of nitrogens with one attached hydrogen (secondary N) is 1. The first-order valence-electron chi connectivity index (χ1n) is 6.20. The number of nitrogens with zero attached hydrogens (tertiary/aromatic N) is 2. The number of aryl methyl sites for hydroxylation is 2. The number of hydrogen-bond donors (Lipinski definition) is 2. The summed E-state index contributed by atoms with van der Waals surface area (Å²) >= 11 is 1.47. The van der Waals surface area contributed by atoms with Gasteiger partial charge in [0.25, 0.3) is 0 Å². The molecule has 1 aliphatic carbocycles. The van der Waals surface area contributed by atoms with Crippen LogP contribution in [0, 0.1) is 5.41 Å². The number of nitrogen functional groups attached to an aromatic ring is 1. The van der Waals surface area contributed by atoms with Crippen molar-refractivity contribution in [2.75, 3.05) is 0 Å². The van der Waals surface area contributed by atoms with Gasteiger partial charge in [0.15, 0.2) is 0 Å². The zero-order valence-corrected chi connectivity index (χ0v) is 11.2. The summed E-state index contributed by atoms with van der Waals surface area (Å²) in [4.78, 5) is 8.95. The van der Waals surface area contributed by atoms with Crippen LogP contribution in [0.25, 0.3) is 0 Å². The first-order chi connectivity index (χ1) is 9.24. The largest absolute Gasteiger partial charge is 0.384 e. The Labute approximate surface area is 116 Å². The van der Waals surface area contributed by atoms with E-state index in [0.717, 1.165) is 40.6 Å². The molecule has 2 aromatic heterocycles. The first kappa shape index (κ1) is 12.2. The van der Waals surface area contributed by atoms with E-state index in [0.29, 0.717) is 0 Å². The van der Waals surface area contributed by atoms with Crippen LogP contribution in [0.5, 0.6) is 0 Å². The highest BCUT2D eigenvalue weighted by Crippen LogP contribution is 2.31. The zero-order valence-electron chi connectivity index (χ0n) is 10.4. The molecular weight excluding hydrogens is 256 g/mol. The lowest BCUT2D eigenvalue weighted by molar-refractivity contribution is 0.891. The number of aromatic nitrogens is 2. The highest BCUT2D eigenvalue weighted by atomic mass is 32.2. The highest BCUT2D eigenvalue weighted by Gasteiger charge is 2.18. The highest BCUT2D eigenvalue weighted by molar-refractivity contribution is 7.99. The van der Waals surface area contributed by atoms with Gasteiger partial charge < -0.3 is 5.73 Å². The van der Waals surface area contributed by atoms with Crippen molar-refractivity contribution in [3.05, 3.63) is 47.3 Å². The van der Waals surface area contributed by atoms with Crippen LogP contribution in [-0.2, 0) is 12.8 Å². The van der Waals surface area contributed by atoms with E-state index in [1.165, 1.54) is 17.3 Å². The average molecular weight is 270 g/mol. The summed E-state index contributed by atoms with van der Waals surface area (Å²) in [6.07, 6.45) is 4.95. The molecule has 2 heterocycles. The Morgan fingerprint density at radius 1 is 1.32 bits per heavy atom. The Morgan fingerprint density at radius 2 is 2.21 bits per heavy atom. The second-order valence-electron chi connectivity index (χ2n) is 4.48. The SMILES string of the molecule is N=C(N)c1cc2c(nc1Sc1ccccn1)CCC2. The van der Waals surface area contributed by atoms with E-state index in [4.69, 9.17) is 11.1 Å². The standard InChI is InChI=1S/C14H14N4S/c15-13(16)10-8-9-4-3-5-11(9)18-14(10)19-12-6-1-2-7-17-12/h1-2,6-8H,3-5H2,(H3,15,16). The topological polar surface area (TPSA) is 75.7 Å². The summed E-state index contributed by atoms with van der Waals surface area (Å²) in [5.74, 6) is 0.0700. The zero-order chi connectivity index (χ0) is 13.2. The molecule has 0 amide bonds. The van der Waals surface area contributed by atoms with Gasteiger partial charge in [-0.3, -0.25) is 5.41 Å². The van der Waals surface area contributed by atoms with Crippen LogP contribution in [0.2, 0.25) is 0 Å². The molecule has 3 N–H and O–H groups in total. The molecule has 2 aromatic rings.